The molecule has 0 aliphatic carbocycles. The lowest BCUT2D eigenvalue weighted by atomic mass is 10.0. The Bertz CT molecular complexity index is 625. The molecule has 1 unspecified atom stereocenters. The Morgan fingerprint density at radius 2 is 2.15 bits per heavy atom. The highest BCUT2D eigenvalue weighted by Crippen LogP contribution is 2.23. The number of rotatable bonds is 2. The molecule has 1 amide bonds. The second kappa shape index (κ2) is 5.28. The summed E-state index contributed by atoms with van der Waals surface area (Å²) in [5.41, 5.74) is 2.23. The summed E-state index contributed by atoms with van der Waals surface area (Å²) in [6.07, 6.45) is 3.84. The molecule has 0 fully saturated rings. The Morgan fingerprint density at radius 3 is 2.95 bits per heavy atom. The van der Waals surface area contributed by atoms with Gasteiger partial charge in [0.2, 0.25) is 0 Å². The maximum absolute atomic E-state index is 12.1. The van der Waals surface area contributed by atoms with Crippen molar-refractivity contribution in [2.75, 3.05) is 6.61 Å². The standard InChI is InChI=1S/C15H15N3O2/c1-10-7-17-13(8-16-10)15(19)18-12-6-11-4-2-3-5-14(11)20-9-12/h2-5,7-8,12H,6,9H2,1H3,(H,18,19). The van der Waals surface area contributed by atoms with Crippen molar-refractivity contribution in [1.29, 1.82) is 0 Å². The van der Waals surface area contributed by atoms with E-state index in [9.17, 15) is 4.79 Å². The number of hydrogen-bond acceptors (Lipinski definition) is 4. The van der Waals surface area contributed by atoms with Crippen LogP contribution >= 0.6 is 0 Å². The fraction of sp³-hybridized carbons (Fsp3) is 0.267. The van der Waals surface area contributed by atoms with Crippen LogP contribution in [0.2, 0.25) is 0 Å². The highest BCUT2D eigenvalue weighted by molar-refractivity contribution is 5.92. The molecule has 2 heterocycles. The highest BCUT2D eigenvalue weighted by atomic mass is 16.5. The third-order valence-corrected chi connectivity index (χ3v) is 3.23. The molecule has 1 aliphatic rings. The van der Waals surface area contributed by atoms with Crippen molar-refractivity contribution in [3.8, 4) is 5.75 Å². The third-order valence-electron chi connectivity index (χ3n) is 3.23. The van der Waals surface area contributed by atoms with Crippen LogP contribution < -0.4 is 10.1 Å². The van der Waals surface area contributed by atoms with E-state index in [1.54, 1.807) is 6.20 Å². The van der Waals surface area contributed by atoms with Gasteiger partial charge in [0.1, 0.15) is 18.1 Å². The second-order valence-electron chi connectivity index (χ2n) is 4.84. The molecule has 0 spiro atoms. The van der Waals surface area contributed by atoms with E-state index >= 15 is 0 Å². The van der Waals surface area contributed by atoms with Crippen LogP contribution in [0.25, 0.3) is 0 Å². The van der Waals surface area contributed by atoms with E-state index in [0.717, 1.165) is 23.4 Å². The summed E-state index contributed by atoms with van der Waals surface area (Å²) in [7, 11) is 0. The minimum atomic E-state index is -0.217. The van der Waals surface area contributed by atoms with Gasteiger partial charge in [-0.2, -0.15) is 0 Å². The van der Waals surface area contributed by atoms with Gasteiger partial charge >= 0.3 is 0 Å². The zero-order valence-electron chi connectivity index (χ0n) is 11.2. The highest BCUT2D eigenvalue weighted by Gasteiger charge is 2.21. The first-order valence-electron chi connectivity index (χ1n) is 6.52. The molecule has 1 aliphatic heterocycles. The molecule has 102 valence electrons. The smallest absolute Gasteiger partial charge is 0.271 e. The molecule has 3 rings (SSSR count). The minimum absolute atomic E-state index is 0.0412. The van der Waals surface area contributed by atoms with Gasteiger partial charge < -0.3 is 10.1 Å². The van der Waals surface area contributed by atoms with E-state index < -0.39 is 0 Å². The largest absolute Gasteiger partial charge is 0.491 e. The number of ether oxygens (including phenoxy) is 1. The van der Waals surface area contributed by atoms with Crippen LogP contribution in [-0.2, 0) is 6.42 Å². The fourth-order valence-corrected chi connectivity index (χ4v) is 2.19. The minimum Gasteiger partial charge on any atom is -0.491 e. The van der Waals surface area contributed by atoms with Gasteiger partial charge in [-0.3, -0.25) is 9.78 Å². The van der Waals surface area contributed by atoms with Gasteiger partial charge in [-0.1, -0.05) is 18.2 Å². The molecule has 1 N–H and O–H groups in total. The van der Waals surface area contributed by atoms with Crippen LogP contribution in [0.15, 0.2) is 36.7 Å². The molecule has 0 saturated heterocycles. The maximum atomic E-state index is 12.1. The van der Waals surface area contributed by atoms with Crippen LogP contribution in [-0.4, -0.2) is 28.5 Å². The van der Waals surface area contributed by atoms with E-state index in [2.05, 4.69) is 15.3 Å². The zero-order chi connectivity index (χ0) is 13.9. The molecular formula is C15H15N3O2. The van der Waals surface area contributed by atoms with Crippen LogP contribution in [0.3, 0.4) is 0 Å². The number of amides is 1. The Hall–Kier alpha value is -2.43. The van der Waals surface area contributed by atoms with Crippen LogP contribution in [0, 0.1) is 6.92 Å². The lowest BCUT2D eigenvalue weighted by Gasteiger charge is -2.25. The first-order valence-corrected chi connectivity index (χ1v) is 6.52. The second-order valence-corrected chi connectivity index (χ2v) is 4.84. The molecule has 1 aromatic carbocycles. The molecule has 5 nitrogen and oxygen atoms in total. The summed E-state index contributed by atoms with van der Waals surface area (Å²) in [4.78, 5) is 20.2. The van der Waals surface area contributed by atoms with E-state index in [1.807, 2.05) is 31.2 Å². The van der Waals surface area contributed by atoms with Crippen LogP contribution in [0.4, 0.5) is 0 Å². The van der Waals surface area contributed by atoms with Crippen molar-refractivity contribution in [2.24, 2.45) is 0 Å². The molecular weight excluding hydrogens is 254 g/mol. The zero-order valence-corrected chi connectivity index (χ0v) is 11.2. The number of benzene rings is 1. The summed E-state index contributed by atoms with van der Waals surface area (Å²) < 4.78 is 5.64. The van der Waals surface area contributed by atoms with E-state index in [-0.39, 0.29) is 11.9 Å². The molecule has 0 saturated carbocycles. The number of carbonyl (C=O) groups is 1. The molecule has 1 atom stereocenters. The monoisotopic (exact) mass is 269 g/mol. The molecule has 20 heavy (non-hydrogen) atoms. The molecule has 2 aromatic rings. The molecule has 1 aromatic heterocycles. The summed E-state index contributed by atoms with van der Waals surface area (Å²) in [5.74, 6) is 0.679. The first kappa shape index (κ1) is 12.6. The molecule has 0 radical (unpaired) electrons. The Morgan fingerprint density at radius 1 is 1.30 bits per heavy atom. The van der Waals surface area contributed by atoms with Gasteiger partial charge in [-0.15, -0.1) is 0 Å². The van der Waals surface area contributed by atoms with E-state index in [1.165, 1.54) is 6.20 Å². The summed E-state index contributed by atoms with van der Waals surface area (Å²) in [5, 5.41) is 2.93. The van der Waals surface area contributed by atoms with Crippen molar-refractivity contribution < 1.29 is 9.53 Å². The normalized spacial score (nSPS) is 16.9. The van der Waals surface area contributed by atoms with Gasteiger partial charge in [0, 0.05) is 6.20 Å². The van der Waals surface area contributed by atoms with Crippen molar-refractivity contribution in [1.82, 2.24) is 15.3 Å². The quantitative estimate of drug-likeness (QED) is 0.897. The van der Waals surface area contributed by atoms with Crippen LogP contribution in [0.5, 0.6) is 5.75 Å². The fourth-order valence-electron chi connectivity index (χ4n) is 2.19. The van der Waals surface area contributed by atoms with Crippen molar-refractivity contribution >= 4 is 5.91 Å². The summed E-state index contributed by atoms with van der Waals surface area (Å²) in [6, 6.07) is 7.83. The number of aryl methyl sites for hydroxylation is 1. The van der Waals surface area contributed by atoms with Crippen molar-refractivity contribution in [3.63, 3.8) is 0 Å². The number of hydrogen-bond donors (Lipinski definition) is 1. The molecule has 5 heteroatoms. The van der Waals surface area contributed by atoms with Gasteiger partial charge in [0.25, 0.3) is 5.91 Å². The number of carbonyl (C=O) groups excluding carboxylic acids is 1. The average molecular weight is 269 g/mol. The van der Waals surface area contributed by atoms with Crippen LogP contribution in [0.1, 0.15) is 21.7 Å². The Balaban J connectivity index is 1.67. The van der Waals surface area contributed by atoms with Crippen molar-refractivity contribution in [2.45, 2.75) is 19.4 Å². The lowest BCUT2D eigenvalue weighted by Crippen LogP contribution is -2.43. The van der Waals surface area contributed by atoms with Gasteiger partial charge in [0.05, 0.1) is 17.9 Å². The first-order chi connectivity index (χ1) is 9.72. The number of nitrogens with zero attached hydrogens (tertiary/aromatic N) is 2. The van der Waals surface area contributed by atoms with Gasteiger partial charge in [-0.25, -0.2) is 4.98 Å². The van der Waals surface area contributed by atoms with E-state index in [4.69, 9.17) is 4.74 Å². The SMILES string of the molecule is Cc1cnc(C(=O)NC2COc3ccccc3C2)cn1. The Labute approximate surface area is 117 Å². The molecule has 0 bridgehead atoms. The number of para-hydroxylation sites is 1. The maximum Gasteiger partial charge on any atom is 0.271 e. The summed E-state index contributed by atoms with van der Waals surface area (Å²) in [6.45, 7) is 2.31. The lowest BCUT2D eigenvalue weighted by molar-refractivity contribution is 0.0910. The Kier molecular flexibility index (Phi) is 3.33. The topological polar surface area (TPSA) is 64.1 Å². The predicted octanol–water partition coefficient (Wildman–Crippen LogP) is 1.52. The van der Waals surface area contributed by atoms with Gasteiger partial charge in [-0.05, 0) is 25.0 Å². The number of aromatic nitrogens is 2. The van der Waals surface area contributed by atoms with Crippen molar-refractivity contribution in [3.05, 3.63) is 53.6 Å². The number of fused-ring (bicyclic) bond motifs is 1. The third kappa shape index (κ3) is 2.61. The van der Waals surface area contributed by atoms with Gasteiger partial charge in [0.15, 0.2) is 0 Å². The average Bonchev–Trinajstić information content (AvgIpc) is 2.48. The summed E-state index contributed by atoms with van der Waals surface area (Å²) >= 11 is 0. The number of nitrogens with one attached hydrogen (secondary N) is 1. The predicted molar refractivity (Wildman–Crippen MR) is 73.7 cm³/mol. The van der Waals surface area contributed by atoms with E-state index in [0.29, 0.717) is 12.3 Å².